The highest BCUT2D eigenvalue weighted by atomic mass is 35.5. The lowest BCUT2D eigenvalue weighted by atomic mass is 10.2. The zero-order valence-corrected chi connectivity index (χ0v) is 10.6. The number of aromatic carboxylic acids is 1. The molecular weight excluding hydrogens is 297 g/mol. The summed E-state index contributed by atoms with van der Waals surface area (Å²) in [5.74, 6) is -1.48. The van der Waals surface area contributed by atoms with Crippen molar-refractivity contribution in [3.05, 3.63) is 52.3 Å². The van der Waals surface area contributed by atoms with E-state index < -0.39 is 23.5 Å². The Kier molecular flexibility index (Phi) is 3.71. The third-order valence-electron chi connectivity index (χ3n) is 2.51. The van der Waals surface area contributed by atoms with Crippen LogP contribution in [0.15, 0.2) is 30.3 Å². The van der Waals surface area contributed by atoms with Gasteiger partial charge in [0.2, 0.25) is 0 Å². The number of carboxylic acids is 1. The maximum atomic E-state index is 12.6. The average Bonchev–Trinajstić information content (AvgIpc) is 2.72. The van der Waals surface area contributed by atoms with E-state index in [4.69, 9.17) is 16.7 Å². The third kappa shape index (κ3) is 3.11. The van der Waals surface area contributed by atoms with E-state index in [1.165, 1.54) is 6.07 Å². The number of benzene rings is 1. The van der Waals surface area contributed by atoms with Gasteiger partial charge in [-0.1, -0.05) is 23.7 Å². The predicted molar refractivity (Wildman–Crippen MR) is 64.7 cm³/mol. The first-order valence-electron chi connectivity index (χ1n) is 5.40. The Morgan fingerprint density at radius 2 is 2.05 bits per heavy atom. The van der Waals surface area contributed by atoms with Crippen molar-refractivity contribution in [1.82, 2.24) is 9.78 Å². The summed E-state index contributed by atoms with van der Waals surface area (Å²) in [7, 11) is 0. The number of hydrogen-bond acceptors (Lipinski definition) is 2. The Morgan fingerprint density at radius 1 is 1.35 bits per heavy atom. The van der Waals surface area contributed by atoms with Gasteiger partial charge in [-0.15, -0.1) is 0 Å². The van der Waals surface area contributed by atoms with Crippen LogP contribution in [0.25, 0.3) is 0 Å². The number of carbonyl (C=O) groups is 1. The van der Waals surface area contributed by atoms with E-state index in [-0.39, 0.29) is 6.54 Å². The second kappa shape index (κ2) is 5.16. The van der Waals surface area contributed by atoms with Gasteiger partial charge in [0, 0.05) is 11.1 Å². The fourth-order valence-corrected chi connectivity index (χ4v) is 1.87. The summed E-state index contributed by atoms with van der Waals surface area (Å²) in [4.78, 5) is 11.0. The van der Waals surface area contributed by atoms with E-state index in [1.54, 1.807) is 18.2 Å². The molecule has 0 unspecified atom stereocenters. The largest absolute Gasteiger partial charge is 0.477 e. The molecule has 106 valence electrons. The van der Waals surface area contributed by atoms with E-state index in [1.807, 2.05) is 0 Å². The highest BCUT2D eigenvalue weighted by Gasteiger charge is 2.35. The van der Waals surface area contributed by atoms with E-state index >= 15 is 0 Å². The summed E-state index contributed by atoms with van der Waals surface area (Å²) in [5, 5.41) is 12.6. The number of hydrogen-bond donors (Lipinski definition) is 1. The Balaban J connectivity index is 2.40. The van der Waals surface area contributed by atoms with E-state index in [0.29, 0.717) is 16.7 Å². The lowest BCUT2D eigenvalue weighted by molar-refractivity contribution is -0.141. The maximum absolute atomic E-state index is 12.6. The molecule has 20 heavy (non-hydrogen) atoms. The standard InChI is InChI=1S/C12H8ClF3N2O2/c13-8-3-1-2-7(4-8)6-18-9(11(19)20)5-10(17-18)12(14,15)16/h1-5H,6H2,(H,19,20). The monoisotopic (exact) mass is 304 g/mol. The second-order valence-electron chi connectivity index (χ2n) is 4.01. The van der Waals surface area contributed by atoms with Crippen LogP contribution in [0.5, 0.6) is 0 Å². The van der Waals surface area contributed by atoms with Gasteiger partial charge in [-0.3, -0.25) is 4.68 Å². The number of carboxylic acid groups (broad SMARTS) is 1. The molecule has 0 fully saturated rings. The normalized spacial score (nSPS) is 11.6. The molecule has 0 spiro atoms. The van der Waals surface area contributed by atoms with E-state index in [2.05, 4.69) is 5.10 Å². The van der Waals surface area contributed by atoms with Gasteiger partial charge >= 0.3 is 12.1 Å². The molecule has 1 aromatic carbocycles. The van der Waals surface area contributed by atoms with E-state index in [0.717, 1.165) is 4.68 Å². The molecule has 2 rings (SSSR count). The van der Waals surface area contributed by atoms with Crippen LogP contribution < -0.4 is 0 Å². The van der Waals surface area contributed by atoms with Crippen molar-refractivity contribution in [2.45, 2.75) is 12.7 Å². The molecule has 1 aromatic heterocycles. The number of alkyl halides is 3. The number of rotatable bonds is 3. The molecule has 2 aromatic rings. The first-order valence-corrected chi connectivity index (χ1v) is 5.78. The van der Waals surface area contributed by atoms with Crippen LogP contribution in [0.3, 0.4) is 0 Å². The van der Waals surface area contributed by atoms with Gasteiger partial charge < -0.3 is 5.11 Å². The molecule has 0 amide bonds. The van der Waals surface area contributed by atoms with Gasteiger partial charge in [-0.2, -0.15) is 18.3 Å². The third-order valence-corrected chi connectivity index (χ3v) is 2.75. The summed E-state index contributed by atoms with van der Waals surface area (Å²) >= 11 is 5.77. The van der Waals surface area contributed by atoms with Crippen molar-refractivity contribution in [2.75, 3.05) is 0 Å². The Bertz CT molecular complexity index is 652. The van der Waals surface area contributed by atoms with Crippen molar-refractivity contribution < 1.29 is 23.1 Å². The van der Waals surface area contributed by atoms with Crippen LogP contribution in [0.4, 0.5) is 13.2 Å². The number of nitrogens with zero attached hydrogens (tertiary/aromatic N) is 2. The second-order valence-corrected chi connectivity index (χ2v) is 4.44. The van der Waals surface area contributed by atoms with Gasteiger partial charge in [-0.05, 0) is 17.7 Å². The van der Waals surface area contributed by atoms with Crippen molar-refractivity contribution in [3.8, 4) is 0 Å². The van der Waals surface area contributed by atoms with Gasteiger partial charge in [0.05, 0.1) is 6.54 Å². The number of aromatic nitrogens is 2. The molecular formula is C12H8ClF3N2O2. The van der Waals surface area contributed by atoms with Crippen LogP contribution in [-0.2, 0) is 12.7 Å². The van der Waals surface area contributed by atoms with Gasteiger partial charge in [-0.25, -0.2) is 4.79 Å². The van der Waals surface area contributed by atoms with Crippen molar-refractivity contribution in [2.24, 2.45) is 0 Å². The topological polar surface area (TPSA) is 55.1 Å². The summed E-state index contributed by atoms with van der Waals surface area (Å²) in [6.45, 7) is -0.113. The molecule has 1 N–H and O–H groups in total. The molecule has 0 saturated heterocycles. The minimum atomic E-state index is -4.69. The van der Waals surface area contributed by atoms with Crippen molar-refractivity contribution in [3.63, 3.8) is 0 Å². The maximum Gasteiger partial charge on any atom is 0.435 e. The minimum Gasteiger partial charge on any atom is -0.477 e. The minimum absolute atomic E-state index is 0.113. The van der Waals surface area contributed by atoms with Crippen LogP contribution in [0.1, 0.15) is 21.7 Å². The molecule has 4 nitrogen and oxygen atoms in total. The molecule has 0 radical (unpaired) electrons. The van der Waals surface area contributed by atoms with Crippen LogP contribution in [0, 0.1) is 0 Å². The summed E-state index contributed by atoms with van der Waals surface area (Å²) in [5.41, 5.74) is -1.22. The van der Waals surface area contributed by atoms with Crippen LogP contribution in [-0.4, -0.2) is 20.9 Å². The Hall–Kier alpha value is -2.02. The Morgan fingerprint density at radius 3 is 2.60 bits per heavy atom. The van der Waals surface area contributed by atoms with Crippen molar-refractivity contribution in [1.29, 1.82) is 0 Å². The smallest absolute Gasteiger partial charge is 0.435 e. The first-order chi connectivity index (χ1) is 9.27. The quantitative estimate of drug-likeness (QED) is 0.946. The molecule has 0 aliphatic carbocycles. The van der Waals surface area contributed by atoms with Gasteiger partial charge in [0.25, 0.3) is 0 Å². The molecule has 1 heterocycles. The highest BCUT2D eigenvalue weighted by molar-refractivity contribution is 6.30. The molecule has 8 heteroatoms. The molecule has 0 aliphatic heterocycles. The predicted octanol–water partition coefficient (Wildman–Crippen LogP) is 3.30. The van der Waals surface area contributed by atoms with Crippen molar-refractivity contribution >= 4 is 17.6 Å². The highest BCUT2D eigenvalue weighted by Crippen LogP contribution is 2.28. The van der Waals surface area contributed by atoms with Gasteiger partial charge in [0.1, 0.15) is 5.69 Å². The van der Waals surface area contributed by atoms with Gasteiger partial charge in [0.15, 0.2) is 5.69 Å². The van der Waals surface area contributed by atoms with E-state index in [9.17, 15) is 18.0 Å². The molecule has 0 bridgehead atoms. The lowest BCUT2D eigenvalue weighted by Gasteiger charge is -2.05. The fourth-order valence-electron chi connectivity index (χ4n) is 1.66. The zero-order valence-electron chi connectivity index (χ0n) is 9.86. The molecule has 0 atom stereocenters. The zero-order chi connectivity index (χ0) is 14.9. The number of halogens is 4. The van der Waals surface area contributed by atoms with Crippen LogP contribution in [0.2, 0.25) is 5.02 Å². The molecule has 0 aliphatic rings. The Labute approximate surface area is 116 Å². The average molecular weight is 305 g/mol. The fraction of sp³-hybridized carbons (Fsp3) is 0.167. The molecule has 0 saturated carbocycles. The summed E-state index contributed by atoms with van der Waals surface area (Å²) in [6, 6.07) is 6.88. The summed E-state index contributed by atoms with van der Waals surface area (Å²) < 4.78 is 38.5. The first kappa shape index (κ1) is 14.4. The SMILES string of the molecule is O=C(O)c1cc(C(F)(F)F)nn1Cc1cccc(Cl)c1. The lowest BCUT2D eigenvalue weighted by Crippen LogP contribution is -2.12. The van der Waals surface area contributed by atoms with Crippen LogP contribution >= 0.6 is 11.6 Å². The summed E-state index contributed by atoms with van der Waals surface area (Å²) in [6.07, 6.45) is -4.69.